The zero-order chi connectivity index (χ0) is 15.3. The molecule has 0 bridgehead atoms. The molecule has 0 amide bonds. The summed E-state index contributed by atoms with van der Waals surface area (Å²) in [5.74, 6) is 2.01. The highest BCUT2D eigenvalue weighted by molar-refractivity contribution is 7.99. The normalized spacial score (nSPS) is 19.6. The van der Waals surface area contributed by atoms with Gasteiger partial charge in [-0.1, -0.05) is 19.1 Å². The van der Waals surface area contributed by atoms with E-state index in [-0.39, 0.29) is 6.04 Å². The molecule has 1 aromatic carbocycles. The average molecular weight is 329 g/mol. The Morgan fingerprint density at radius 3 is 2.81 bits per heavy atom. The first-order valence-electron chi connectivity index (χ1n) is 7.43. The lowest BCUT2D eigenvalue weighted by molar-refractivity contribution is 0.542. The average Bonchev–Trinajstić information content (AvgIpc) is 2.48. The molecule has 1 fully saturated rings. The van der Waals surface area contributed by atoms with Crippen molar-refractivity contribution in [1.29, 1.82) is 0 Å². The van der Waals surface area contributed by atoms with Gasteiger partial charge in [0.05, 0.1) is 4.90 Å². The van der Waals surface area contributed by atoms with Gasteiger partial charge < -0.3 is 5.32 Å². The van der Waals surface area contributed by atoms with E-state index in [4.69, 9.17) is 0 Å². The number of sulfonamides is 1. The second-order valence-corrected chi connectivity index (χ2v) is 8.19. The van der Waals surface area contributed by atoms with Crippen molar-refractivity contribution >= 4 is 21.8 Å². The number of nitrogens with one attached hydrogen (secondary N) is 2. The van der Waals surface area contributed by atoms with E-state index in [9.17, 15) is 8.42 Å². The number of rotatable bonds is 6. The number of benzene rings is 1. The van der Waals surface area contributed by atoms with E-state index < -0.39 is 10.0 Å². The van der Waals surface area contributed by atoms with Gasteiger partial charge in [-0.15, -0.1) is 0 Å². The third-order valence-electron chi connectivity index (χ3n) is 3.67. The van der Waals surface area contributed by atoms with Crippen LogP contribution in [0.2, 0.25) is 0 Å². The summed E-state index contributed by atoms with van der Waals surface area (Å²) in [6.45, 7) is 2.66. The Morgan fingerprint density at radius 2 is 2.19 bits per heavy atom. The third-order valence-corrected chi connectivity index (χ3v) is 6.48. The molecule has 0 spiro atoms. The van der Waals surface area contributed by atoms with Gasteiger partial charge in [-0.2, -0.15) is 11.8 Å². The molecule has 2 N–H and O–H groups in total. The van der Waals surface area contributed by atoms with Crippen LogP contribution >= 0.6 is 11.8 Å². The minimum atomic E-state index is -3.43. The van der Waals surface area contributed by atoms with Crippen LogP contribution in [0.5, 0.6) is 0 Å². The minimum Gasteiger partial charge on any atom is -0.316 e. The van der Waals surface area contributed by atoms with E-state index in [0.717, 1.165) is 41.9 Å². The standard InChI is InChI=1S/C15H24N2O2S2/c1-3-13-7-6-12(10-16-2)9-15(13)21(18,19)17-14-5-4-8-20-11-14/h6-7,9,14,16-17H,3-5,8,10-11H2,1-2H3. The maximum Gasteiger partial charge on any atom is 0.241 e. The molecular weight excluding hydrogens is 304 g/mol. The van der Waals surface area contributed by atoms with Crippen LogP contribution < -0.4 is 10.0 Å². The van der Waals surface area contributed by atoms with Gasteiger partial charge in [-0.05, 0) is 49.3 Å². The van der Waals surface area contributed by atoms with Crippen LogP contribution in [0.1, 0.15) is 30.9 Å². The summed E-state index contributed by atoms with van der Waals surface area (Å²) in [6.07, 6.45) is 2.73. The molecule has 1 atom stereocenters. The largest absolute Gasteiger partial charge is 0.316 e. The van der Waals surface area contributed by atoms with Gasteiger partial charge in [0, 0.05) is 18.3 Å². The van der Waals surface area contributed by atoms with Gasteiger partial charge in [-0.25, -0.2) is 13.1 Å². The highest BCUT2D eigenvalue weighted by Crippen LogP contribution is 2.22. The lowest BCUT2D eigenvalue weighted by atomic mass is 10.1. The first kappa shape index (κ1) is 16.8. The summed E-state index contributed by atoms with van der Waals surface area (Å²) in [5.41, 5.74) is 1.87. The van der Waals surface area contributed by atoms with Crippen LogP contribution in [-0.2, 0) is 23.0 Å². The van der Waals surface area contributed by atoms with Gasteiger partial charge in [0.15, 0.2) is 0 Å². The van der Waals surface area contributed by atoms with Gasteiger partial charge in [0.1, 0.15) is 0 Å². The molecule has 0 radical (unpaired) electrons. The monoisotopic (exact) mass is 328 g/mol. The first-order valence-corrected chi connectivity index (χ1v) is 10.1. The summed E-state index contributed by atoms with van der Waals surface area (Å²) in [4.78, 5) is 0.438. The molecule has 6 heteroatoms. The van der Waals surface area contributed by atoms with E-state index in [1.807, 2.05) is 37.9 Å². The molecule has 2 rings (SSSR count). The second kappa shape index (κ2) is 7.63. The summed E-state index contributed by atoms with van der Waals surface area (Å²) < 4.78 is 28.3. The van der Waals surface area contributed by atoms with Crippen molar-refractivity contribution in [2.75, 3.05) is 18.6 Å². The Kier molecular flexibility index (Phi) is 6.10. The number of thioether (sulfide) groups is 1. The fraction of sp³-hybridized carbons (Fsp3) is 0.600. The predicted octanol–water partition coefficient (Wildman–Crippen LogP) is 2.14. The summed E-state index contributed by atoms with van der Waals surface area (Å²) in [6, 6.07) is 5.78. The SMILES string of the molecule is CCc1ccc(CNC)cc1S(=O)(=O)NC1CCCSC1. The maximum atomic E-state index is 12.7. The molecule has 4 nitrogen and oxygen atoms in total. The number of hydrogen-bond donors (Lipinski definition) is 2. The minimum absolute atomic E-state index is 0.0615. The lowest BCUT2D eigenvalue weighted by Crippen LogP contribution is -2.38. The van der Waals surface area contributed by atoms with Crippen LogP contribution in [0, 0.1) is 0 Å². The molecule has 0 saturated carbocycles. The quantitative estimate of drug-likeness (QED) is 0.840. The van der Waals surface area contributed by atoms with Crippen molar-refractivity contribution < 1.29 is 8.42 Å². The van der Waals surface area contributed by atoms with Crippen LogP contribution in [0.15, 0.2) is 23.1 Å². The molecule has 0 aromatic heterocycles. The van der Waals surface area contributed by atoms with E-state index >= 15 is 0 Å². The first-order chi connectivity index (χ1) is 10.1. The number of hydrogen-bond acceptors (Lipinski definition) is 4. The molecule has 21 heavy (non-hydrogen) atoms. The van der Waals surface area contributed by atoms with Crippen molar-refractivity contribution in [3.8, 4) is 0 Å². The number of aryl methyl sites for hydroxylation is 1. The molecule has 1 aromatic rings. The Morgan fingerprint density at radius 1 is 1.38 bits per heavy atom. The van der Waals surface area contributed by atoms with Gasteiger partial charge in [0.2, 0.25) is 10.0 Å². The fourth-order valence-corrected chi connectivity index (χ4v) is 5.38. The van der Waals surface area contributed by atoms with Crippen LogP contribution in [-0.4, -0.2) is 33.0 Å². The van der Waals surface area contributed by atoms with E-state index in [2.05, 4.69) is 10.0 Å². The zero-order valence-electron chi connectivity index (χ0n) is 12.7. The Labute approximate surface area is 132 Å². The predicted molar refractivity (Wildman–Crippen MR) is 89.3 cm³/mol. The maximum absolute atomic E-state index is 12.7. The lowest BCUT2D eigenvalue weighted by Gasteiger charge is -2.23. The fourth-order valence-electron chi connectivity index (χ4n) is 2.57. The topological polar surface area (TPSA) is 58.2 Å². The van der Waals surface area contributed by atoms with Crippen molar-refractivity contribution in [2.45, 2.75) is 43.7 Å². The van der Waals surface area contributed by atoms with Gasteiger partial charge in [-0.3, -0.25) is 0 Å². The molecule has 1 saturated heterocycles. The molecule has 1 aliphatic rings. The zero-order valence-corrected chi connectivity index (χ0v) is 14.3. The van der Waals surface area contributed by atoms with E-state index in [0.29, 0.717) is 11.4 Å². The Hall–Kier alpha value is -0.560. The highest BCUT2D eigenvalue weighted by Gasteiger charge is 2.24. The summed E-state index contributed by atoms with van der Waals surface area (Å²) in [7, 11) is -1.57. The molecular formula is C15H24N2O2S2. The summed E-state index contributed by atoms with van der Waals surface area (Å²) in [5, 5.41) is 3.06. The molecule has 1 heterocycles. The van der Waals surface area contributed by atoms with Crippen molar-refractivity contribution in [3.63, 3.8) is 0 Å². The Bertz CT molecular complexity index is 567. The van der Waals surface area contributed by atoms with E-state index in [1.165, 1.54) is 0 Å². The molecule has 118 valence electrons. The third kappa shape index (κ3) is 4.45. The van der Waals surface area contributed by atoms with Gasteiger partial charge >= 0.3 is 0 Å². The van der Waals surface area contributed by atoms with Crippen LogP contribution in [0.3, 0.4) is 0 Å². The Balaban J connectivity index is 2.26. The second-order valence-electron chi connectivity index (χ2n) is 5.36. The van der Waals surface area contributed by atoms with Gasteiger partial charge in [0.25, 0.3) is 0 Å². The smallest absolute Gasteiger partial charge is 0.241 e. The van der Waals surface area contributed by atoms with Crippen molar-refractivity contribution in [1.82, 2.24) is 10.0 Å². The molecule has 1 aliphatic heterocycles. The van der Waals surface area contributed by atoms with Crippen LogP contribution in [0.4, 0.5) is 0 Å². The van der Waals surface area contributed by atoms with Crippen LogP contribution in [0.25, 0.3) is 0 Å². The molecule has 0 aliphatic carbocycles. The summed E-state index contributed by atoms with van der Waals surface area (Å²) >= 11 is 1.82. The molecule has 1 unspecified atom stereocenters. The highest BCUT2D eigenvalue weighted by atomic mass is 32.2. The van der Waals surface area contributed by atoms with Crippen molar-refractivity contribution in [3.05, 3.63) is 29.3 Å². The van der Waals surface area contributed by atoms with E-state index in [1.54, 1.807) is 6.07 Å². The van der Waals surface area contributed by atoms with Crippen molar-refractivity contribution in [2.24, 2.45) is 0 Å².